The molecule has 0 fully saturated rings. The van der Waals surface area contributed by atoms with Gasteiger partial charge in [-0.05, 0) is 37.1 Å². The van der Waals surface area contributed by atoms with Gasteiger partial charge >= 0.3 is 12.2 Å². The van der Waals surface area contributed by atoms with Crippen LogP contribution in [0.5, 0.6) is 11.5 Å². The average molecular weight is 593 g/mol. The molecule has 0 aliphatic rings. The van der Waals surface area contributed by atoms with Crippen molar-refractivity contribution in [3.05, 3.63) is 109 Å². The zero-order chi connectivity index (χ0) is 30.7. The second-order valence-corrected chi connectivity index (χ2v) is 10.2. The lowest BCUT2D eigenvalue weighted by Crippen LogP contribution is -2.27. The molecule has 226 valence electrons. The molecule has 0 spiro atoms. The summed E-state index contributed by atoms with van der Waals surface area (Å²) in [6.07, 6.45) is -0.829. The molecule has 0 aliphatic heterocycles. The van der Waals surface area contributed by atoms with Crippen molar-refractivity contribution in [1.29, 1.82) is 0 Å². The highest BCUT2D eigenvalue weighted by Crippen LogP contribution is 2.43. The molecule has 44 heavy (non-hydrogen) atoms. The first kappa shape index (κ1) is 30.2. The summed E-state index contributed by atoms with van der Waals surface area (Å²) in [5, 5.41) is 8.96. The topological polar surface area (TPSA) is 95.1 Å². The van der Waals surface area contributed by atoms with Gasteiger partial charge in [0.05, 0.1) is 0 Å². The number of hydrogen-bond acceptors (Lipinski definition) is 6. The van der Waals surface area contributed by atoms with Crippen LogP contribution in [0.3, 0.4) is 0 Å². The molecule has 2 unspecified atom stereocenters. The number of rotatable bonds is 12. The zero-order valence-electron chi connectivity index (χ0n) is 24.8. The van der Waals surface area contributed by atoms with Crippen LogP contribution in [-0.4, -0.2) is 37.6 Å². The smallest absolute Gasteiger partial charge is 0.412 e. The van der Waals surface area contributed by atoms with E-state index in [9.17, 15) is 9.59 Å². The van der Waals surface area contributed by atoms with Gasteiger partial charge in [0.25, 0.3) is 0 Å². The zero-order valence-corrected chi connectivity index (χ0v) is 24.8. The number of hydrogen-bond donors (Lipinski definition) is 2. The molecule has 2 atom stereocenters. The summed E-state index contributed by atoms with van der Waals surface area (Å²) in [7, 11) is 0. The Morgan fingerprint density at radius 1 is 0.523 bits per heavy atom. The predicted molar refractivity (Wildman–Crippen MR) is 174 cm³/mol. The highest BCUT2D eigenvalue weighted by molar-refractivity contribution is 6.11. The molecule has 8 nitrogen and oxygen atoms in total. The molecule has 2 N–H and O–H groups in total. The van der Waals surface area contributed by atoms with E-state index in [1.165, 1.54) is 0 Å². The lowest BCUT2D eigenvalue weighted by atomic mass is 10.0. The van der Waals surface area contributed by atoms with Gasteiger partial charge in [-0.1, -0.05) is 98.8 Å². The summed E-state index contributed by atoms with van der Waals surface area (Å²) in [4.78, 5) is 25.1. The summed E-state index contributed by atoms with van der Waals surface area (Å²) in [5.74, 6) is 1.36. The van der Waals surface area contributed by atoms with Crippen LogP contribution in [0, 0.1) is 0 Å². The number of ether oxygens (including phenoxy) is 4. The Kier molecular flexibility index (Phi) is 10.2. The summed E-state index contributed by atoms with van der Waals surface area (Å²) in [6, 6.07) is 34.0. The predicted octanol–water partition coefficient (Wildman–Crippen LogP) is 8.81. The van der Waals surface area contributed by atoms with E-state index >= 15 is 0 Å². The molecular weight excluding hydrogens is 556 g/mol. The summed E-state index contributed by atoms with van der Waals surface area (Å²) in [6.45, 7) is 4.25. The molecule has 0 heterocycles. The van der Waals surface area contributed by atoms with Gasteiger partial charge in [0.2, 0.25) is 0 Å². The highest BCUT2D eigenvalue weighted by Gasteiger charge is 2.21. The van der Waals surface area contributed by atoms with Crippen LogP contribution in [-0.2, 0) is 9.47 Å². The van der Waals surface area contributed by atoms with Gasteiger partial charge in [-0.3, -0.25) is 10.6 Å². The molecule has 5 aromatic rings. The van der Waals surface area contributed by atoms with Crippen molar-refractivity contribution in [1.82, 2.24) is 0 Å². The molecular formula is C36H36N2O6. The Bertz CT molecular complexity index is 1510. The van der Waals surface area contributed by atoms with Crippen molar-refractivity contribution in [3.63, 3.8) is 0 Å². The minimum Gasteiger partial charge on any atom is -0.488 e. The first-order valence-corrected chi connectivity index (χ1v) is 14.8. The van der Waals surface area contributed by atoms with E-state index in [0.717, 1.165) is 21.5 Å². The van der Waals surface area contributed by atoms with Crippen molar-refractivity contribution in [2.24, 2.45) is 0 Å². The maximum absolute atomic E-state index is 12.5. The number of benzene rings is 5. The fraction of sp³-hybridized carbons (Fsp3) is 0.222. The fourth-order valence-corrected chi connectivity index (χ4v) is 4.82. The van der Waals surface area contributed by atoms with Crippen LogP contribution in [0.1, 0.15) is 26.7 Å². The van der Waals surface area contributed by atoms with Crippen LogP contribution in [0.15, 0.2) is 109 Å². The van der Waals surface area contributed by atoms with Crippen LogP contribution >= 0.6 is 0 Å². The van der Waals surface area contributed by atoms with Crippen LogP contribution < -0.4 is 20.1 Å². The number of carbonyl (C=O) groups excluding carboxylic acids is 2. The third-order valence-electron chi connectivity index (χ3n) is 7.16. The molecule has 8 heteroatoms. The van der Waals surface area contributed by atoms with E-state index in [0.29, 0.717) is 35.7 Å². The molecule has 5 rings (SSSR count). The van der Waals surface area contributed by atoms with E-state index in [1.54, 1.807) is 24.3 Å². The van der Waals surface area contributed by atoms with Gasteiger partial charge in [-0.25, -0.2) is 9.59 Å². The lowest BCUT2D eigenvalue weighted by Gasteiger charge is -2.22. The van der Waals surface area contributed by atoms with Crippen molar-refractivity contribution >= 4 is 45.1 Å². The maximum Gasteiger partial charge on any atom is 0.412 e. The lowest BCUT2D eigenvalue weighted by molar-refractivity contribution is 0.0724. The number of para-hydroxylation sites is 2. The summed E-state index contributed by atoms with van der Waals surface area (Å²) >= 11 is 0. The number of anilines is 2. The van der Waals surface area contributed by atoms with Gasteiger partial charge in [-0.2, -0.15) is 0 Å². The SMILES string of the molecule is CCC(COc1c2ccccc2c(OCC(CC)OC(=O)Nc2ccccc2)c2ccccc12)OC(=O)Nc1ccccc1. The fourth-order valence-electron chi connectivity index (χ4n) is 4.82. The first-order valence-electron chi connectivity index (χ1n) is 14.8. The Balaban J connectivity index is 1.33. The van der Waals surface area contributed by atoms with Crippen molar-refractivity contribution in [2.75, 3.05) is 23.8 Å². The van der Waals surface area contributed by atoms with Crippen molar-refractivity contribution in [2.45, 2.75) is 38.9 Å². The van der Waals surface area contributed by atoms with E-state index in [-0.39, 0.29) is 13.2 Å². The summed E-state index contributed by atoms with van der Waals surface area (Å²) < 4.78 is 24.2. The molecule has 5 aromatic carbocycles. The van der Waals surface area contributed by atoms with E-state index in [2.05, 4.69) is 10.6 Å². The molecule has 0 aliphatic carbocycles. The van der Waals surface area contributed by atoms with E-state index in [4.69, 9.17) is 18.9 Å². The van der Waals surface area contributed by atoms with Gasteiger partial charge in [0.15, 0.2) is 0 Å². The average Bonchev–Trinajstić information content (AvgIpc) is 3.05. The Hall–Kier alpha value is -5.24. The molecule has 0 bridgehead atoms. The van der Waals surface area contributed by atoms with E-state index in [1.807, 2.05) is 98.8 Å². The first-order chi connectivity index (χ1) is 21.6. The van der Waals surface area contributed by atoms with Crippen LogP contribution in [0.2, 0.25) is 0 Å². The van der Waals surface area contributed by atoms with Gasteiger partial charge in [0, 0.05) is 32.9 Å². The Labute approximate surface area is 256 Å². The van der Waals surface area contributed by atoms with Gasteiger partial charge in [0.1, 0.15) is 36.9 Å². The summed E-state index contributed by atoms with van der Waals surface area (Å²) in [5.41, 5.74) is 1.32. The highest BCUT2D eigenvalue weighted by atomic mass is 16.6. The number of nitrogens with one attached hydrogen (secondary N) is 2. The number of amides is 2. The standard InChI is InChI=1S/C36H36N2O6/c1-3-27(43-35(39)37-25-15-7-5-8-16-25)23-41-33-29-19-11-13-21-31(29)34(32-22-14-12-20-30(32)33)42-24-28(4-2)44-36(40)38-26-17-9-6-10-18-26/h5-22,27-28H,3-4,23-24H2,1-2H3,(H,37,39)(H,38,40). The second kappa shape index (κ2) is 14.8. The second-order valence-electron chi connectivity index (χ2n) is 10.2. The van der Waals surface area contributed by atoms with E-state index < -0.39 is 24.4 Å². The van der Waals surface area contributed by atoms with Gasteiger partial charge in [-0.15, -0.1) is 0 Å². The Morgan fingerprint density at radius 2 is 0.841 bits per heavy atom. The quantitative estimate of drug-likeness (QED) is 0.141. The molecule has 0 saturated heterocycles. The van der Waals surface area contributed by atoms with Crippen LogP contribution in [0.25, 0.3) is 21.5 Å². The van der Waals surface area contributed by atoms with Crippen LogP contribution in [0.4, 0.5) is 21.0 Å². The minimum absolute atomic E-state index is 0.176. The minimum atomic E-state index is -0.532. The normalized spacial score (nSPS) is 12.2. The maximum atomic E-state index is 12.5. The third-order valence-corrected chi connectivity index (χ3v) is 7.16. The number of fused-ring (bicyclic) bond motifs is 2. The molecule has 2 amide bonds. The number of carbonyl (C=O) groups is 2. The third kappa shape index (κ3) is 7.58. The van der Waals surface area contributed by atoms with Crippen molar-refractivity contribution < 1.29 is 28.5 Å². The molecule has 0 aromatic heterocycles. The molecule has 0 radical (unpaired) electrons. The Morgan fingerprint density at radius 3 is 1.16 bits per heavy atom. The van der Waals surface area contributed by atoms with Crippen molar-refractivity contribution in [3.8, 4) is 11.5 Å². The van der Waals surface area contributed by atoms with Gasteiger partial charge < -0.3 is 18.9 Å². The monoisotopic (exact) mass is 592 g/mol. The molecule has 0 saturated carbocycles. The largest absolute Gasteiger partial charge is 0.488 e.